The number of nitrogens with zero attached hydrogens (tertiary/aromatic N) is 2. The molecular weight excluding hydrogens is 266 g/mol. The van der Waals surface area contributed by atoms with Crippen LogP contribution in [0.3, 0.4) is 0 Å². The highest BCUT2D eigenvalue weighted by molar-refractivity contribution is 7.13. The first-order chi connectivity index (χ1) is 9.86. The minimum atomic E-state index is 0.746. The van der Waals surface area contributed by atoms with Crippen LogP contribution in [0.2, 0.25) is 0 Å². The number of thiophene rings is 1. The fourth-order valence-electron chi connectivity index (χ4n) is 2.05. The van der Waals surface area contributed by atoms with Crippen LogP contribution >= 0.6 is 11.3 Å². The Morgan fingerprint density at radius 1 is 1.25 bits per heavy atom. The Hall–Kier alpha value is -2.33. The van der Waals surface area contributed by atoms with Gasteiger partial charge in [0.1, 0.15) is 0 Å². The molecular formula is C16H15N3S. The Bertz CT molecular complexity index is 698. The Morgan fingerprint density at radius 2 is 2.15 bits per heavy atom. The number of aromatic nitrogens is 2. The van der Waals surface area contributed by atoms with Crippen molar-refractivity contribution in [2.75, 3.05) is 5.32 Å². The second kappa shape index (κ2) is 5.75. The highest BCUT2D eigenvalue weighted by Gasteiger charge is 2.05. The average molecular weight is 281 g/mol. The number of nitrogens with one attached hydrogen (secondary N) is 1. The highest BCUT2D eigenvalue weighted by atomic mass is 32.1. The second-order valence-electron chi connectivity index (χ2n) is 4.39. The molecule has 0 saturated heterocycles. The van der Waals surface area contributed by atoms with Crippen molar-refractivity contribution in [1.29, 1.82) is 0 Å². The Morgan fingerprint density at radius 3 is 2.90 bits per heavy atom. The smallest absolute Gasteiger partial charge is 0.0543 e. The summed E-state index contributed by atoms with van der Waals surface area (Å²) in [5, 5.41) is 9.75. The SMILES string of the molecule is C=Cn1cc(CNc2ccccc2-c2cccs2)cn1. The molecule has 1 aromatic carbocycles. The molecule has 0 saturated carbocycles. The molecule has 0 radical (unpaired) electrons. The van der Waals surface area contributed by atoms with E-state index in [0.717, 1.165) is 17.8 Å². The molecule has 2 heterocycles. The van der Waals surface area contributed by atoms with Crippen LogP contribution in [0.25, 0.3) is 16.6 Å². The van der Waals surface area contributed by atoms with Crippen molar-refractivity contribution >= 4 is 23.2 Å². The summed E-state index contributed by atoms with van der Waals surface area (Å²) in [5.74, 6) is 0. The van der Waals surface area contributed by atoms with Crippen molar-refractivity contribution in [2.45, 2.75) is 6.54 Å². The number of hydrogen-bond acceptors (Lipinski definition) is 3. The van der Waals surface area contributed by atoms with E-state index in [2.05, 4.69) is 52.7 Å². The van der Waals surface area contributed by atoms with E-state index in [0.29, 0.717) is 0 Å². The van der Waals surface area contributed by atoms with Gasteiger partial charge in [0, 0.05) is 40.6 Å². The van der Waals surface area contributed by atoms with Crippen LogP contribution in [0.15, 0.2) is 60.8 Å². The molecule has 3 nitrogen and oxygen atoms in total. The van der Waals surface area contributed by atoms with Gasteiger partial charge in [-0.25, -0.2) is 4.68 Å². The van der Waals surface area contributed by atoms with Gasteiger partial charge in [0.2, 0.25) is 0 Å². The molecule has 20 heavy (non-hydrogen) atoms. The number of benzene rings is 1. The van der Waals surface area contributed by atoms with Gasteiger partial charge in [-0.2, -0.15) is 5.10 Å². The predicted molar refractivity (Wildman–Crippen MR) is 85.7 cm³/mol. The van der Waals surface area contributed by atoms with E-state index < -0.39 is 0 Å². The van der Waals surface area contributed by atoms with Gasteiger partial charge in [-0.05, 0) is 17.5 Å². The predicted octanol–water partition coefficient (Wildman–Crippen LogP) is 4.32. The van der Waals surface area contributed by atoms with E-state index in [1.165, 1.54) is 10.4 Å². The van der Waals surface area contributed by atoms with E-state index >= 15 is 0 Å². The third kappa shape index (κ3) is 2.65. The molecule has 1 N–H and O–H groups in total. The van der Waals surface area contributed by atoms with Crippen LogP contribution in [0, 0.1) is 0 Å². The van der Waals surface area contributed by atoms with Crippen LogP contribution in [-0.2, 0) is 6.54 Å². The first kappa shape index (κ1) is 12.7. The van der Waals surface area contributed by atoms with Crippen LogP contribution < -0.4 is 5.32 Å². The summed E-state index contributed by atoms with van der Waals surface area (Å²) in [6.45, 7) is 4.44. The van der Waals surface area contributed by atoms with Gasteiger partial charge in [0.15, 0.2) is 0 Å². The van der Waals surface area contributed by atoms with Gasteiger partial charge in [-0.3, -0.25) is 0 Å². The van der Waals surface area contributed by atoms with Crippen LogP contribution in [0.1, 0.15) is 5.56 Å². The van der Waals surface area contributed by atoms with Crippen LogP contribution in [-0.4, -0.2) is 9.78 Å². The third-order valence-electron chi connectivity index (χ3n) is 3.04. The number of anilines is 1. The quantitative estimate of drug-likeness (QED) is 0.754. The molecule has 0 fully saturated rings. The van der Waals surface area contributed by atoms with E-state index in [4.69, 9.17) is 0 Å². The molecule has 0 aliphatic carbocycles. The fraction of sp³-hybridized carbons (Fsp3) is 0.0625. The lowest BCUT2D eigenvalue weighted by Crippen LogP contribution is -1.99. The van der Waals surface area contributed by atoms with Gasteiger partial charge in [-0.15, -0.1) is 11.3 Å². The molecule has 0 spiro atoms. The van der Waals surface area contributed by atoms with E-state index in [1.54, 1.807) is 22.2 Å². The fourth-order valence-corrected chi connectivity index (χ4v) is 2.82. The summed E-state index contributed by atoms with van der Waals surface area (Å²) in [6, 6.07) is 12.6. The Balaban J connectivity index is 1.79. The van der Waals surface area contributed by atoms with E-state index in [1.807, 2.05) is 18.5 Å². The summed E-state index contributed by atoms with van der Waals surface area (Å²) < 4.78 is 1.71. The first-order valence-corrected chi connectivity index (χ1v) is 7.27. The maximum Gasteiger partial charge on any atom is 0.0543 e. The van der Waals surface area contributed by atoms with E-state index in [-0.39, 0.29) is 0 Å². The summed E-state index contributed by atoms with van der Waals surface area (Å²) in [7, 11) is 0. The molecule has 0 atom stereocenters. The molecule has 0 amide bonds. The molecule has 0 aliphatic rings. The molecule has 0 bridgehead atoms. The Kier molecular flexibility index (Phi) is 3.65. The van der Waals surface area contributed by atoms with Gasteiger partial charge < -0.3 is 5.32 Å². The summed E-state index contributed by atoms with van der Waals surface area (Å²) in [6.07, 6.45) is 5.50. The lowest BCUT2D eigenvalue weighted by Gasteiger charge is -2.10. The number of para-hydroxylation sites is 1. The highest BCUT2D eigenvalue weighted by Crippen LogP contribution is 2.31. The van der Waals surface area contributed by atoms with Crippen molar-refractivity contribution in [1.82, 2.24) is 9.78 Å². The normalized spacial score (nSPS) is 10.4. The third-order valence-corrected chi connectivity index (χ3v) is 3.94. The lowest BCUT2D eigenvalue weighted by molar-refractivity contribution is 0.936. The molecule has 3 rings (SSSR count). The van der Waals surface area contributed by atoms with Gasteiger partial charge in [-0.1, -0.05) is 30.8 Å². The van der Waals surface area contributed by atoms with Gasteiger partial charge in [0.05, 0.1) is 6.20 Å². The molecule has 100 valence electrons. The maximum atomic E-state index is 4.18. The molecule has 3 aromatic rings. The largest absolute Gasteiger partial charge is 0.380 e. The number of hydrogen-bond donors (Lipinski definition) is 1. The monoisotopic (exact) mass is 281 g/mol. The first-order valence-electron chi connectivity index (χ1n) is 6.39. The second-order valence-corrected chi connectivity index (χ2v) is 5.34. The zero-order valence-electron chi connectivity index (χ0n) is 11.0. The van der Waals surface area contributed by atoms with Gasteiger partial charge in [0.25, 0.3) is 0 Å². The van der Waals surface area contributed by atoms with Crippen molar-refractivity contribution in [2.24, 2.45) is 0 Å². The zero-order chi connectivity index (χ0) is 13.8. The minimum Gasteiger partial charge on any atom is -0.380 e. The van der Waals surface area contributed by atoms with E-state index in [9.17, 15) is 0 Å². The van der Waals surface area contributed by atoms with Crippen LogP contribution in [0.5, 0.6) is 0 Å². The topological polar surface area (TPSA) is 29.9 Å². The van der Waals surface area contributed by atoms with Crippen LogP contribution in [0.4, 0.5) is 5.69 Å². The Labute approximate surface area is 122 Å². The van der Waals surface area contributed by atoms with Crippen molar-refractivity contribution in [3.8, 4) is 10.4 Å². The van der Waals surface area contributed by atoms with Crippen molar-refractivity contribution in [3.05, 3.63) is 66.3 Å². The maximum absolute atomic E-state index is 4.18. The summed E-state index contributed by atoms with van der Waals surface area (Å²) >= 11 is 1.75. The zero-order valence-corrected chi connectivity index (χ0v) is 11.8. The molecule has 0 unspecified atom stereocenters. The van der Waals surface area contributed by atoms with Gasteiger partial charge >= 0.3 is 0 Å². The van der Waals surface area contributed by atoms with Crippen molar-refractivity contribution in [3.63, 3.8) is 0 Å². The molecule has 4 heteroatoms. The molecule has 0 aliphatic heterocycles. The lowest BCUT2D eigenvalue weighted by atomic mass is 10.1. The van der Waals surface area contributed by atoms with Crippen molar-refractivity contribution < 1.29 is 0 Å². The minimum absolute atomic E-state index is 0.746. The number of rotatable bonds is 5. The average Bonchev–Trinajstić information content (AvgIpc) is 3.17. The standard InChI is InChI=1S/C16H15N3S/c1-2-19-12-13(11-18-19)10-17-15-7-4-3-6-14(15)16-8-5-9-20-16/h2-9,11-12,17H,1,10H2. The summed E-state index contributed by atoms with van der Waals surface area (Å²) in [5.41, 5.74) is 3.51. The molecule has 2 aromatic heterocycles. The summed E-state index contributed by atoms with van der Waals surface area (Å²) in [4.78, 5) is 1.27.